The van der Waals surface area contributed by atoms with Gasteiger partial charge in [-0.05, 0) is 30.2 Å². The fourth-order valence-corrected chi connectivity index (χ4v) is 4.52. The zero-order chi connectivity index (χ0) is 18.6. The first kappa shape index (κ1) is 17.8. The van der Waals surface area contributed by atoms with E-state index in [0.29, 0.717) is 22.9 Å². The number of ether oxygens (including phenoxy) is 1. The van der Waals surface area contributed by atoms with Crippen LogP contribution in [0.3, 0.4) is 0 Å². The number of thioether (sulfide) groups is 1. The molecule has 0 unspecified atom stereocenters. The maximum Gasteiger partial charge on any atom is 0.260 e. The van der Waals surface area contributed by atoms with Gasteiger partial charge in [-0.25, -0.2) is 4.98 Å². The molecular formula is C21H18N2O2S2. The molecule has 136 valence electrons. The summed E-state index contributed by atoms with van der Waals surface area (Å²) in [6.07, 6.45) is 0. The van der Waals surface area contributed by atoms with Crippen molar-refractivity contribution >= 4 is 33.3 Å². The van der Waals surface area contributed by atoms with Crippen molar-refractivity contribution in [2.24, 2.45) is 0 Å². The number of aryl methyl sites for hydroxylation is 1. The Morgan fingerprint density at radius 3 is 2.81 bits per heavy atom. The number of thiophene rings is 1. The number of hydrogen-bond donors (Lipinski definition) is 1. The van der Waals surface area contributed by atoms with Crippen molar-refractivity contribution < 1.29 is 4.74 Å². The summed E-state index contributed by atoms with van der Waals surface area (Å²) < 4.78 is 5.75. The number of benzene rings is 2. The SMILES string of the molecule is Cc1cccc(OCCSc2nc3scc(-c4ccccc4)c3c(=O)[nH]2)c1. The van der Waals surface area contributed by atoms with E-state index in [4.69, 9.17) is 4.74 Å². The van der Waals surface area contributed by atoms with E-state index >= 15 is 0 Å². The van der Waals surface area contributed by atoms with Gasteiger partial charge in [0.15, 0.2) is 5.16 Å². The summed E-state index contributed by atoms with van der Waals surface area (Å²) in [7, 11) is 0. The molecule has 1 N–H and O–H groups in total. The van der Waals surface area contributed by atoms with E-state index in [0.717, 1.165) is 21.7 Å². The fourth-order valence-electron chi connectivity index (χ4n) is 2.83. The van der Waals surface area contributed by atoms with Gasteiger partial charge in [0.25, 0.3) is 5.56 Å². The Balaban J connectivity index is 1.47. The minimum absolute atomic E-state index is 0.0952. The summed E-state index contributed by atoms with van der Waals surface area (Å²) >= 11 is 2.99. The molecule has 2 aromatic carbocycles. The summed E-state index contributed by atoms with van der Waals surface area (Å²) in [4.78, 5) is 20.9. The largest absolute Gasteiger partial charge is 0.493 e. The number of hydrogen-bond acceptors (Lipinski definition) is 5. The summed E-state index contributed by atoms with van der Waals surface area (Å²) in [5.41, 5.74) is 3.04. The predicted molar refractivity (Wildman–Crippen MR) is 113 cm³/mol. The third-order valence-corrected chi connectivity index (χ3v) is 5.80. The standard InChI is InChI=1S/C21H18N2O2S2/c1-14-6-5-9-16(12-14)25-10-11-26-21-22-19(24)18-17(13-27-20(18)23-21)15-7-3-2-4-8-15/h2-9,12-13H,10-11H2,1H3,(H,22,23,24). The van der Waals surface area contributed by atoms with Crippen molar-refractivity contribution in [1.82, 2.24) is 9.97 Å². The normalized spacial score (nSPS) is 11.0. The molecule has 0 aliphatic carbocycles. The minimum Gasteiger partial charge on any atom is -0.493 e. The van der Waals surface area contributed by atoms with Crippen molar-refractivity contribution in [3.05, 3.63) is 75.9 Å². The Hall–Kier alpha value is -2.57. The molecule has 4 rings (SSSR count). The number of nitrogens with one attached hydrogen (secondary N) is 1. The number of nitrogens with zero attached hydrogens (tertiary/aromatic N) is 1. The lowest BCUT2D eigenvalue weighted by atomic mass is 10.1. The first-order chi connectivity index (χ1) is 13.2. The number of aromatic nitrogens is 2. The molecule has 6 heteroatoms. The highest BCUT2D eigenvalue weighted by molar-refractivity contribution is 7.99. The second-order valence-electron chi connectivity index (χ2n) is 6.08. The van der Waals surface area contributed by atoms with Gasteiger partial charge < -0.3 is 9.72 Å². The Labute approximate surface area is 165 Å². The first-order valence-corrected chi connectivity index (χ1v) is 10.5. The van der Waals surface area contributed by atoms with Gasteiger partial charge in [-0.1, -0.05) is 54.2 Å². The average molecular weight is 395 g/mol. The molecule has 0 atom stereocenters. The van der Waals surface area contributed by atoms with E-state index in [1.807, 2.05) is 66.9 Å². The van der Waals surface area contributed by atoms with Gasteiger partial charge >= 0.3 is 0 Å². The summed E-state index contributed by atoms with van der Waals surface area (Å²) in [6.45, 7) is 2.59. The van der Waals surface area contributed by atoms with E-state index < -0.39 is 0 Å². The monoisotopic (exact) mass is 394 g/mol. The van der Waals surface area contributed by atoms with Crippen LogP contribution < -0.4 is 10.3 Å². The zero-order valence-electron chi connectivity index (χ0n) is 14.8. The molecule has 2 aromatic heterocycles. The Morgan fingerprint density at radius 1 is 1.15 bits per heavy atom. The van der Waals surface area contributed by atoms with Gasteiger partial charge in [0, 0.05) is 16.7 Å². The molecule has 0 saturated carbocycles. The van der Waals surface area contributed by atoms with Gasteiger partial charge in [-0.3, -0.25) is 4.79 Å². The van der Waals surface area contributed by atoms with Crippen LogP contribution in [0, 0.1) is 6.92 Å². The van der Waals surface area contributed by atoms with E-state index in [-0.39, 0.29) is 5.56 Å². The van der Waals surface area contributed by atoms with E-state index in [2.05, 4.69) is 9.97 Å². The van der Waals surface area contributed by atoms with Gasteiger partial charge in [0.05, 0.1) is 12.0 Å². The third-order valence-electron chi connectivity index (χ3n) is 4.09. The molecule has 4 nitrogen and oxygen atoms in total. The lowest BCUT2D eigenvalue weighted by Crippen LogP contribution is -2.09. The molecule has 0 aliphatic rings. The average Bonchev–Trinajstić information content (AvgIpc) is 3.11. The third kappa shape index (κ3) is 4.07. The molecule has 4 aromatic rings. The van der Waals surface area contributed by atoms with Crippen LogP contribution in [0.5, 0.6) is 5.75 Å². The van der Waals surface area contributed by atoms with Crippen LogP contribution in [-0.2, 0) is 0 Å². The van der Waals surface area contributed by atoms with Crippen LogP contribution in [0.2, 0.25) is 0 Å². The number of H-pyrrole nitrogens is 1. The van der Waals surface area contributed by atoms with Crippen LogP contribution in [0.1, 0.15) is 5.56 Å². The Bertz CT molecular complexity index is 1120. The molecule has 0 radical (unpaired) electrons. The lowest BCUT2D eigenvalue weighted by Gasteiger charge is -2.06. The highest BCUT2D eigenvalue weighted by Gasteiger charge is 2.13. The Morgan fingerprint density at radius 2 is 2.00 bits per heavy atom. The smallest absolute Gasteiger partial charge is 0.260 e. The van der Waals surface area contributed by atoms with E-state index in [9.17, 15) is 4.79 Å². The molecule has 0 saturated heterocycles. The molecule has 0 spiro atoms. The zero-order valence-corrected chi connectivity index (χ0v) is 16.4. The highest BCUT2D eigenvalue weighted by atomic mass is 32.2. The molecule has 0 fully saturated rings. The van der Waals surface area contributed by atoms with Gasteiger partial charge in [0.2, 0.25) is 0 Å². The molecule has 0 amide bonds. The van der Waals surface area contributed by atoms with Crippen LogP contribution in [0.15, 0.2) is 69.9 Å². The van der Waals surface area contributed by atoms with Crippen molar-refractivity contribution in [3.8, 4) is 16.9 Å². The topological polar surface area (TPSA) is 55.0 Å². The summed E-state index contributed by atoms with van der Waals surface area (Å²) in [6, 6.07) is 17.9. The molecule has 2 heterocycles. The maximum absolute atomic E-state index is 12.6. The van der Waals surface area contributed by atoms with Crippen LogP contribution in [0.4, 0.5) is 0 Å². The number of rotatable bonds is 6. The van der Waals surface area contributed by atoms with Crippen molar-refractivity contribution in [2.75, 3.05) is 12.4 Å². The number of fused-ring (bicyclic) bond motifs is 1. The van der Waals surface area contributed by atoms with Crippen molar-refractivity contribution in [1.29, 1.82) is 0 Å². The maximum atomic E-state index is 12.6. The quantitative estimate of drug-likeness (QED) is 0.280. The molecule has 0 aliphatic heterocycles. The second kappa shape index (κ2) is 7.98. The molecular weight excluding hydrogens is 376 g/mol. The van der Waals surface area contributed by atoms with Gasteiger partial charge in [-0.15, -0.1) is 11.3 Å². The second-order valence-corrected chi connectivity index (χ2v) is 8.02. The highest BCUT2D eigenvalue weighted by Crippen LogP contribution is 2.31. The van der Waals surface area contributed by atoms with Crippen LogP contribution in [-0.4, -0.2) is 22.3 Å². The van der Waals surface area contributed by atoms with Gasteiger partial charge in [0.1, 0.15) is 10.6 Å². The predicted octanol–water partition coefficient (Wildman–Crippen LogP) is 5.13. The summed E-state index contributed by atoms with van der Waals surface area (Å²) in [5, 5.41) is 3.28. The Kier molecular flexibility index (Phi) is 5.27. The lowest BCUT2D eigenvalue weighted by molar-refractivity contribution is 0.343. The molecule has 27 heavy (non-hydrogen) atoms. The fraction of sp³-hybridized carbons (Fsp3) is 0.143. The van der Waals surface area contributed by atoms with Crippen LogP contribution in [0.25, 0.3) is 21.3 Å². The van der Waals surface area contributed by atoms with Crippen LogP contribution >= 0.6 is 23.1 Å². The first-order valence-electron chi connectivity index (χ1n) is 8.60. The van der Waals surface area contributed by atoms with Crippen molar-refractivity contribution in [3.63, 3.8) is 0 Å². The molecule has 0 bridgehead atoms. The summed E-state index contributed by atoms with van der Waals surface area (Å²) in [5.74, 6) is 1.57. The van der Waals surface area contributed by atoms with E-state index in [1.165, 1.54) is 28.7 Å². The van der Waals surface area contributed by atoms with Gasteiger partial charge in [-0.2, -0.15) is 0 Å². The van der Waals surface area contributed by atoms with Crippen molar-refractivity contribution in [2.45, 2.75) is 12.1 Å². The van der Waals surface area contributed by atoms with E-state index in [1.54, 1.807) is 0 Å². The minimum atomic E-state index is -0.0952. The number of aromatic amines is 1.